The highest BCUT2D eigenvalue weighted by atomic mass is 79.9. The summed E-state index contributed by atoms with van der Waals surface area (Å²) in [5.74, 6) is 6.43. The normalized spacial score (nSPS) is 12.9. The fourth-order valence-corrected chi connectivity index (χ4v) is 4.40. The smallest absolute Gasteiger partial charge is 0.0843 e. The number of halogens is 2. The summed E-state index contributed by atoms with van der Waals surface area (Å²) in [6.07, 6.45) is 1.09. The molecule has 0 bridgehead atoms. The second kappa shape index (κ2) is 7.18. The Kier molecular flexibility index (Phi) is 5.81. The summed E-state index contributed by atoms with van der Waals surface area (Å²) in [5.41, 5.74) is 5.48. The molecule has 1 aromatic heterocycles. The van der Waals surface area contributed by atoms with E-state index in [2.05, 4.69) is 81.5 Å². The van der Waals surface area contributed by atoms with Crippen LogP contribution >= 0.6 is 43.2 Å². The maximum absolute atomic E-state index is 5.77. The van der Waals surface area contributed by atoms with E-state index in [1.165, 1.54) is 16.0 Å². The molecule has 0 radical (unpaired) electrons. The van der Waals surface area contributed by atoms with Gasteiger partial charge in [-0.05, 0) is 61.4 Å². The molecule has 0 fully saturated rings. The van der Waals surface area contributed by atoms with E-state index in [-0.39, 0.29) is 6.04 Å². The molecule has 0 saturated carbocycles. The average Bonchev–Trinajstić information content (AvgIpc) is 2.70. The van der Waals surface area contributed by atoms with Gasteiger partial charge in [-0.2, -0.15) is 0 Å². The lowest BCUT2D eigenvalue weighted by Gasteiger charge is -2.16. The van der Waals surface area contributed by atoms with E-state index in [0.717, 1.165) is 14.7 Å². The van der Waals surface area contributed by atoms with Crippen LogP contribution in [-0.4, -0.2) is 0 Å². The van der Waals surface area contributed by atoms with E-state index < -0.39 is 0 Å². The van der Waals surface area contributed by atoms with Crippen molar-refractivity contribution in [3.8, 4) is 0 Å². The first-order valence-electron chi connectivity index (χ1n) is 6.51. The number of nitrogens with two attached hydrogens (primary N) is 1. The molecule has 0 spiro atoms. The van der Waals surface area contributed by atoms with Crippen LogP contribution < -0.4 is 11.3 Å². The number of hydrogen-bond acceptors (Lipinski definition) is 3. The van der Waals surface area contributed by atoms with Crippen molar-refractivity contribution >= 4 is 43.2 Å². The quantitative estimate of drug-likeness (QED) is 0.529. The average molecular weight is 418 g/mol. The molecular formula is C15H18Br2N2S. The lowest BCUT2D eigenvalue weighted by Crippen LogP contribution is -2.28. The van der Waals surface area contributed by atoms with Crippen LogP contribution in [0.15, 0.2) is 38.6 Å². The van der Waals surface area contributed by atoms with Crippen LogP contribution in [-0.2, 0) is 6.42 Å². The van der Waals surface area contributed by atoms with Gasteiger partial charge >= 0.3 is 0 Å². The van der Waals surface area contributed by atoms with Gasteiger partial charge in [-0.25, -0.2) is 5.43 Å². The molecule has 5 heteroatoms. The van der Waals surface area contributed by atoms with Gasteiger partial charge in [0, 0.05) is 9.35 Å². The Bertz CT molecular complexity index is 562. The molecular weight excluding hydrogens is 400 g/mol. The van der Waals surface area contributed by atoms with Crippen LogP contribution in [0.25, 0.3) is 0 Å². The number of benzene rings is 1. The van der Waals surface area contributed by atoms with E-state index in [0.29, 0.717) is 5.92 Å². The molecule has 1 atom stereocenters. The summed E-state index contributed by atoms with van der Waals surface area (Å²) >= 11 is 8.75. The summed E-state index contributed by atoms with van der Waals surface area (Å²) in [6, 6.07) is 10.8. The maximum Gasteiger partial charge on any atom is 0.0843 e. The van der Waals surface area contributed by atoms with Gasteiger partial charge in [0.25, 0.3) is 0 Å². The number of rotatable bonds is 5. The van der Waals surface area contributed by atoms with Gasteiger partial charge in [0.05, 0.1) is 9.83 Å². The molecule has 0 saturated heterocycles. The van der Waals surface area contributed by atoms with Crippen LogP contribution in [0.3, 0.4) is 0 Å². The van der Waals surface area contributed by atoms with Crippen molar-refractivity contribution < 1.29 is 0 Å². The van der Waals surface area contributed by atoms with E-state index in [1.807, 2.05) is 0 Å². The Hall–Kier alpha value is -0.200. The van der Waals surface area contributed by atoms with Crippen molar-refractivity contribution in [1.29, 1.82) is 0 Å². The first-order valence-corrected chi connectivity index (χ1v) is 8.91. The Balaban J connectivity index is 2.31. The van der Waals surface area contributed by atoms with Crippen molar-refractivity contribution in [2.45, 2.75) is 26.3 Å². The van der Waals surface area contributed by atoms with Crippen LogP contribution in [0.4, 0.5) is 0 Å². The van der Waals surface area contributed by atoms with E-state index in [4.69, 9.17) is 5.84 Å². The summed E-state index contributed by atoms with van der Waals surface area (Å²) in [4.78, 5) is 1.19. The van der Waals surface area contributed by atoms with E-state index in [1.54, 1.807) is 11.3 Å². The molecule has 3 N–H and O–H groups in total. The van der Waals surface area contributed by atoms with E-state index >= 15 is 0 Å². The Morgan fingerprint density at radius 2 is 2.00 bits per heavy atom. The SMILES string of the molecule is CC(C)Cc1cccc(C(NN)c2cc(Br)c(Br)s2)c1. The van der Waals surface area contributed by atoms with Crippen LogP contribution in [0.2, 0.25) is 0 Å². The minimum Gasteiger partial charge on any atom is -0.271 e. The highest BCUT2D eigenvalue weighted by molar-refractivity contribution is 9.13. The van der Waals surface area contributed by atoms with E-state index in [9.17, 15) is 0 Å². The molecule has 0 amide bonds. The molecule has 0 aliphatic carbocycles. The van der Waals surface area contributed by atoms with Gasteiger partial charge in [-0.1, -0.05) is 38.1 Å². The highest BCUT2D eigenvalue weighted by Gasteiger charge is 2.17. The predicted octanol–water partition coefficient (Wildman–Crippen LogP) is 5.02. The molecule has 1 aromatic carbocycles. The molecule has 1 unspecified atom stereocenters. The zero-order valence-corrected chi connectivity index (χ0v) is 15.5. The minimum atomic E-state index is 0.0229. The van der Waals surface area contributed by atoms with Gasteiger partial charge < -0.3 is 0 Å². The number of thiophene rings is 1. The van der Waals surface area contributed by atoms with Crippen LogP contribution in [0, 0.1) is 5.92 Å². The zero-order valence-electron chi connectivity index (χ0n) is 11.5. The fraction of sp³-hybridized carbons (Fsp3) is 0.333. The molecule has 2 rings (SSSR count). The van der Waals surface area contributed by atoms with Gasteiger partial charge in [-0.15, -0.1) is 11.3 Å². The third-order valence-corrected chi connectivity index (χ3v) is 6.36. The van der Waals surface area contributed by atoms with Crippen molar-refractivity contribution in [1.82, 2.24) is 5.43 Å². The van der Waals surface area contributed by atoms with Crippen LogP contribution in [0.5, 0.6) is 0 Å². The summed E-state index contributed by atoms with van der Waals surface area (Å²) in [7, 11) is 0. The molecule has 1 heterocycles. The standard InChI is InChI=1S/C15H18Br2N2S/c1-9(2)6-10-4-3-5-11(7-10)14(19-18)13-8-12(16)15(17)20-13/h3-5,7-9,14,19H,6,18H2,1-2H3. The van der Waals surface area contributed by atoms with Crippen molar-refractivity contribution in [2.24, 2.45) is 11.8 Å². The first kappa shape index (κ1) is 16.2. The molecule has 0 aliphatic heterocycles. The second-order valence-corrected chi connectivity index (χ2v) is 8.47. The van der Waals surface area contributed by atoms with Gasteiger partial charge in [-0.3, -0.25) is 5.84 Å². The van der Waals surface area contributed by atoms with Gasteiger partial charge in [0.2, 0.25) is 0 Å². The topological polar surface area (TPSA) is 38.0 Å². The third kappa shape index (κ3) is 3.92. The Morgan fingerprint density at radius 3 is 2.55 bits per heavy atom. The lowest BCUT2D eigenvalue weighted by atomic mass is 9.98. The van der Waals surface area contributed by atoms with Crippen molar-refractivity contribution in [3.63, 3.8) is 0 Å². The Labute approximate surface area is 141 Å². The summed E-state index contributed by atoms with van der Waals surface area (Å²) < 4.78 is 2.15. The van der Waals surface area contributed by atoms with Crippen molar-refractivity contribution in [2.75, 3.05) is 0 Å². The van der Waals surface area contributed by atoms with Gasteiger partial charge in [0.1, 0.15) is 0 Å². The molecule has 0 aliphatic rings. The number of hydrogen-bond donors (Lipinski definition) is 2. The molecule has 20 heavy (non-hydrogen) atoms. The number of hydrazine groups is 1. The molecule has 2 nitrogen and oxygen atoms in total. The summed E-state index contributed by atoms with van der Waals surface area (Å²) in [5, 5.41) is 0. The maximum atomic E-state index is 5.77. The minimum absolute atomic E-state index is 0.0229. The summed E-state index contributed by atoms with van der Waals surface area (Å²) in [6.45, 7) is 4.47. The fourth-order valence-electron chi connectivity index (χ4n) is 2.22. The van der Waals surface area contributed by atoms with Gasteiger partial charge in [0.15, 0.2) is 0 Å². The second-order valence-electron chi connectivity index (χ2n) is 5.21. The third-order valence-electron chi connectivity index (χ3n) is 3.04. The zero-order chi connectivity index (χ0) is 14.7. The largest absolute Gasteiger partial charge is 0.271 e. The Morgan fingerprint density at radius 1 is 1.25 bits per heavy atom. The molecule has 108 valence electrons. The molecule has 2 aromatic rings. The monoisotopic (exact) mass is 416 g/mol. The van der Waals surface area contributed by atoms with Crippen LogP contribution in [0.1, 0.15) is 35.9 Å². The number of nitrogens with one attached hydrogen (secondary N) is 1. The highest BCUT2D eigenvalue weighted by Crippen LogP contribution is 2.37. The predicted molar refractivity (Wildman–Crippen MR) is 93.9 cm³/mol. The van der Waals surface area contributed by atoms with Crippen molar-refractivity contribution in [3.05, 3.63) is 54.6 Å². The lowest BCUT2D eigenvalue weighted by molar-refractivity contribution is 0.633. The first-order chi connectivity index (χ1) is 9.51.